The van der Waals surface area contributed by atoms with Crippen LogP contribution in [0.2, 0.25) is 10.0 Å². The molecule has 318 valence electrons. The van der Waals surface area contributed by atoms with E-state index in [-0.39, 0.29) is 34.6 Å². The van der Waals surface area contributed by atoms with Crippen LogP contribution in [0.3, 0.4) is 0 Å². The molecule has 3 fully saturated rings. The maximum atomic E-state index is 13.0. The highest BCUT2D eigenvalue weighted by molar-refractivity contribution is 6.33. The van der Waals surface area contributed by atoms with Crippen LogP contribution in [0.4, 0.5) is 11.9 Å². The monoisotopic (exact) mass is 866 g/mol. The molecule has 2 saturated carbocycles. The molecule has 1 saturated heterocycles. The summed E-state index contributed by atoms with van der Waals surface area (Å²) < 4.78 is 15.0. The van der Waals surface area contributed by atoms with Gasteiger partial charge in [-0.2, -0.15) is 9.97 Å². The van der Waals surface area contributed by atoms with Gasteiger partial charge in [0, 0.05) is 100 Å². The molecule has 0 unspecified atom stereocenters. The molecule has 3 N–H and O–H groups in total. The summed E-state index contributed by atoms with van der Waals surface area (Å²) >= 11 is 12.6. The number of pyridine rings is 2. The lowest BCUT2D eigenvalue weighted by Gasteiger charge is -2.47. The average molecular weight is 868 g/mol. The minimum absolute atomic E-state index is 0.000929. The predicted molar refractivity (Wildman–Crippen MR) is 237 cm³/mol. The first-order valence-corrected chi connectivity index (χ1v) is 21.2. The first kappa shape index (κ1) is 42.4. The van der Waals surface area contributed by atoms with E-state index in [0.29, 0.717) is 87.3 Å². The van der Waals surface area contributed by atoms with Crippen LogP contribution in [0.5, 0.6) is 0 Å². The second-order valence-electron chi connectivity index (χ2n) is 16.8. The Labute approximate surface area is 362 Å². The van der Waals surface area contributed by atoms with Crippen LogP contribution in [-0.2, 0) is 28.4 Å². The molecule has 14 nitrogen and oxygen atoms in total. The van der Waals surface area contributed by atoms with Crippen LogP contribution in [0.15, 0.2) is 82.6 Å². The second kappa shape index (κ2) is 17.6. The van der Waals surface area contributed by atoms with Gasteiger partial charge in [-0.15, -0.1) is 0 Å². The number of fused-ring (bicyclic) bond motifs is 2. The van der Waals surface area contributed by atoms with Crippen molar-refractivity contribution in [2.24, 2.45) is 24.9 Å². The van der Waals surface area contributed by atoms with Gasteiger partial charge in [-0.25, -0.2) is 9.97 Å². The highest BCUT2D eigenvalue weighted by Crippen LogP contribution is 2.47. The number of nitrogens with one attached hydrogen (secondary N) is 2. The fraction of sp³-hybridized carbons (Fsp3) is 0.400. The van der Waals surface area contributed by atoms with Crippen LogP contribution in [0, 0.1) is 10.8 Å². The summed E-state index contributed by atoms with van der Waals surface area (Å²) in [6, 6.07) is 18.3. The Bertz CT molecular complexity index is 2710. The number of rotatable bonds is 7. The summed E-state index contributed by atoms with van der Waals surface area (Å²) in [5, 5.41) is 18.5. The molecule has 0 atom stereocenters. The second-order valence-corrected chi connectivity index (χ2v) is 17.6. The molecule has 3 aliphatic rings. The number of aliphatic hydroxyl groups excluding tert-OH is 1. The van der Waals surface area contributed by atoms with Crippen LogP contribution < -0.4 is 21.8 Å². The van der Waals surface area contributed by atoms with Gasteiger partial charge in [0.2, 0.25) is 18.3 Å². The number of carbonyl (C=O) groups is 1. The van der Waals surface area contributed by atoms with Crippen molar-refractivity contribution in [1.29, 1.82) is 0 Å². The first-order valence-electron chi connectivity index (χ1n) is 20.5. The lowest BCUT2D eigenvalue weighted by Crippen LogP contribution is -2.48. The van der Waals surface area contributed by atoms with Crippen molar-refractivity contribution < 1.29 is 19.4 Å². The predicted octanol–water partition coefficient (Wildman–Crippen LogP) is 7.52. The van der Waals surface area contributed by atoms with Crippen molar-refractivity contribution in [3.05, 3.63) is 104 Å². The zero-order valence-electron chi connectivity index (χ0n) is 34.3. The van der Waals surface area contributed by atoms with Gasteiger partial charge in [0.15, 0.2) is 0 Å². The molecule has 1 spiro atoms. The Kier molecular flexibility index (Phi) is 12.3. The molecule has 6 aromatic rings. The molecular formula is C45H48Cl2N8O6. The number of ether oxygens (including phenoxy) is 2. The molecule has 61 heavy (non-hydrogen) atoms. The van der Waals surface area contributed by atoms with Crippen LogP contribution >= 0.6 is 23.2 Å². The molecule has 0 radical (unpaired) electrons. The van der Waals surface area contributed by atoms with E-state index in [9.17, 15) is 19.5 Å². The van der Waals surface area contributed by atoms with Crippen molar-refractivity contribution in [3.63, 3.8) is 0 Å². The number of benzene rings is 2. The van der Waals surface area contributed by atoms with Gasteiger partial charge in [0.05, 0.1) is 13.2 Å². The number of ketones is 1. The zero-order valence-corrected chi connectivity index (χ0v) is 35.8. The average Bonchev–Trinajstić information content (AvgIpc) is 3.27. The maximum absolute atomic E-state index is 13.0. The van der Waals surface area contributed by atoms with Gasteiger partial charge < -0.3 is 25.2 Å². The summed E-state index contributed by atoms with van der Waals surface area (Å²) in [5.41, 5.74) is 3.08. The molecule has 2 aromatic carbocycles. The van der Waals surface area contributed by atoms with Gasteiger partial charge in [-0.3, -0.25) is 23.5 Å². The normalized spacial score (nSPS) is 21.9. The summed E-state index contributed by atoms with van der Waals surface area (Å²) in [6.07, 6.45) is 9.33. The quantitative estimate of drug-likeness (QED) is 0.144. The molecular weight excluding hydrogens is 819 g/mol. The number of hydrogen-bond donors (Lipinski definition) is 3. The van der Waals surface area contributed by atoms with Crippen molar-refractivity contribution >= 4 is 62.9 Å². The number of anilines is 2. The molecule has 2 aliphatic carbocycles. The number of carbonyl (C=O) groups excluding carboxylic acids is 1. The van der Waals surface area contributed by atoms with E-state index in [0.717, 1.165) is 49.3 Å². The van der Waals surface area contributed by atoms with E-state index in [1.807, 2.05) is 36.4 Å². The fourth-order valence-electron chi connectivity index (χ4n) is 8.26. The van der Waals surface area contributed by atoms with Gasteiger partial charge in [0.25, 0.3) is 11.1 Å². The molecule has 4 aromatic heterocycles. The van der Waals surface area contributed by atoms with Crippen molar-refractivity contribution in [2.45, 2.75) is 70.7 Å². The molecule has 5 heterocycles. The largest absolute Gasteiger partial charge is 0.396 e. The van der Waals surface area contributed by atoms with E-state index in [4.69, 9.17) is 32.7 Å². The Morgan fingerprint density at radius 1 is 0.721 bits per heavy atom. The van der Waals surface area contributed by atoms with Gasteiger partial charge >= 0.3 is 0 Å². The summed E-state index contributed by atoms with van der Waals surface area (Å²) in [7, 11) is 3.38. The van der Waals surface area contributed by atoms with Crippen molar-refractivity contribution in [2.75, 3.05) is 30.5 Å². The van der Waals surface area contributed by atoms with Gasteiger partial charge in [-0.05, 0) is 68.2 Å². The molecule has 0 bridgehead atoms. The third-order valence-corrected chi connectivity index (χ3v) is 13.0. The number of aromatic nitrogens is 6. The summed E-state index contributed by atoms with van der Waals surface area (Å²) in [6.45, 7) is 3.52. The Morgan fingerprint density at radius 3 is 1.67 bits per heavy atom. The van der Waals surface area contributed by atoms with Crippen LogP contribution in [0.1, 0.15) is 58.3 Å². The Hall–Kier alpha value is -5.25. The number of hydrogen-bond acceptors (Lipinski definition) is 12. The minimum atomic E-state index is -0.659. The lowest BCUT2D eigenvalue weighted by molar-refractivity contribution is -0.227. The Balaban J connectivity index is 0.000000173. The SMILES string of the molecule is Cn1c(=O)c(-c2ccccc2Cl)cc2cnc(NC3CCC(=O)CC3)nc21.Cn1c(=O)c(-c2ccccc2Cl)cc2cnc(NC3OCC4(CCC(C)(CO)CC4)CO3)nc21. The molecule has 1 aliphatic heterocycles. The highest BCUT2D eigenvalue weighted by Gasteiger charge is 2.43. The number of halogens is 2. The highest BCUT2D eigenvalue weighted by atomic mass is 35.5. The number of nitrogens with zero attached hydrogens (tertiary/aromatic N) is 6. The van der Waals surface area contributed by atoms with Crippen LogP contribution in [0.25, 0.3) is 44.3 Å². The van der Waals surface area contributed by atoms with E-state index in [1.54, 1.807) is 50.8 Å². The van der Waals surface area contributed by atoms with Crippen molar-refractivity contribution in [1.82, 2.24) is 29.1 Å². The number of Topliss-reactive ketones (excluding diaryl/α,β-unsaturated/α-hetero) is 1. The lowest BCUT2D eigenvalue weighted by atomic mass is 9.65. The van der Waals surface area contributed by atoms with Crippen LogP contribution in [-0.4, -0.2) is 72.2 Å². The maximum Gasteiger partial charge on any atom is 0.259 e. The fourth-order valence-corrected chi connectivity index (χ4v) is 8.73. The van der Waals surface area contributed by atoms with E-state index < -0.39 is 6.41 Å². The standard InChI is InChI=1S/C25H29ClN4O4.C20H19ClN4O2/c1-24(13-31)7-9-25(10-8-24)14-33-23(34-15-25)29-22-27-12-16-11-18(17-5-3-4-6-19(17)26)21(32)30(2)20(16)28-22;1-25-18-12(10-16(19(25)27)15-4-2-3-5-17(15)21)11-22-20(24-18)23-13-6-8-14(26)9-7-13/h3-6,11-12,23,31H,7-10,13-15H2,1-2H3,(H,27,28,29);2-5,10-11,13H,6-9H2,1H3,(H,22,23,24). The third kappa shape index (κ3) is 9.05. The third-order valence-electron chi connectivity index (χ3n) is 12.3. The number of aliphatic hydroxyl groups is 1. The minimum Gasteiger partial charge on any atom is -0.396 e. The van der Waals surface area contributed by atoms with Gasteiger partial charge in [-0.1, -0.05) is 66.5 Å². The van der Waals surface area contributed by atoms with Crippen molar-refractivity contribution in [3.8, 4) is 22.3 Å². The van der Waals surface area contributed by atoms with Gasteiger partial charge in [0.1, 0.15) is 17.1 Å². The summed E-state index contributed by atoms with van der Waals surface area (Å²) in [5.74, 6) is 1.11. The van der Waals surface area contributed by atoms with E-state index in [2.05, 4.69) is 37.5 Å². The smallest absolute Gasteiger partial charge is 0.259 e. The zero-order chi connectivity index (χ0) is 42.9. The number of aryl methyl sites for hydroxylation is 2. The van der Waals surface area contributed by atoms with E-state index >= 15 is 0 Å². The van der Waals surface area contributed by atoms with E-state index in [1.165, 1.54) is 9.13 Å². The molecule has 9 rings (SSSR count). The molecule has 0 amide bonds. The first-order chi connectivity index (χ1) is 29.3. The topological polar surface area (TPSA) is 175 Å². The summed E-state index contributed by atoms with van der Waals surface area (Å²) in [4.78, 5) is 55.1. The molecule has 16 heteroatoms. The Morgan fingerprint density at radius 2 is 1.20 bits per heavy atom.